The highest BCUT2D eigenvalue weighted by Gasteiger charge is 2.41. The van der Waals surface area contributed by atoms with Gasteiger partial charge in [0.1, 0.15) is 0 Å². The molecule has 0 radical (unpaired) electrons. The third-order valence-electron chi connectivity index (χ3n) is 3.95. The minimum Gasteiger partial charge on any atom is -0.426 e. The molecule has 0 saturated carbocycles. The van der Waals surface area contributed by atoms with Gasteiger partial charge in [-0.05, 0) is 24.7 Å². The fourth-order valence-electron chi connectivity index (χ4n) is 2.11. The lowest BCUT2D eigenvalue weighted by atomic mass is 9.76. The molecule has 4 N–H and O–H groups in total. The van der Waals surface area contributed by atoms with E-state index in [1.54, 1.807) is 0 Å². The van der Waals surface area contributed by atoms with Crippen molar-refractivity contribution in [2.24, 2.45) is 11.1 Å². The van der Waals surface area contributed by atoms with Crippen LogP contribution in [0.3, 0.4) is 0 Å². The summed E-state index contributed by atoms with van der Waals surface area (Å²) >= 11 is 0. The Bertz CT molecular complexity index is 284. The number of hydrogen-bond donors (Lipinski definition) is 3. The normalized spacial score (nSPS) is 22.7. The van der Waals surface area contributed by atoms with E-state index in [1.807, 2.05) is 20.8 Å². The van der Waals surface area contributed by atoms with Gasteiger partial charge >= 0.3 is 7.12 Å². The van der Waals surface area contributed by atoms with Gasteiger partial charge in [-0.15, -0.1) is 0 Å². The predicted octanol–water partition coefficient (Wildman–Crippen LogP) is -0.247. The van der Waals surface area contributed by atoms with Crippen molar-refractivity contribution in [2.75, 3.05) is 6.54 Å². The first-order valence-corrected chi connectivity index (χ1v) is 6.23. The van der Waals surface area contributed by atoms with E-state index in [4.69, 9.17) is 5.73 Å². The number of nitrogens with two attached hydrogens (primary N) is 1. The molecule has 1 amide bonds. The summed E-state index contributed by atoms with van der Waals surface area (Å²) in [7, 11) is -1.47. The minimum absolute atomic E-state index is 0.174. The van der Waals surface area contributed by atoms with Crippen molar-refractivity contribution in [1.29, 1.82) is 0 Å². The standard InChI is InChI=1S/C11H23BN2O3/c1-4-11(2,3)9(13)10(15)14-7-5-6-8(14)12(16)17/h8-9,16-17H,4-7,13H2,1-3H3/t8-,9?/m0/s1. The van der Waals surface area contributed by atoms with E-state index in [-0.39, 0.29) is 11.3 Å². The van der Waals surface area contributed by atoms with Gasteiger partial charge in [0, 0.05) is 6.54 Å². The Kier molecular flexibility index (Phi) is 4.58. The lowest BCUT2D eigenvalue weighted by Gasteiger charge is -2.34. The van der Waals surface area contributed by atoms with E-state index in [0.717, 1.165) is 12.8 Å². The highest BCUT2D eigenvalue weighted by atomic mass is 16.4. The number of rotatable bonds is 4. The van der Waals surface area contributed by atoms with Gasteiger partial charge in [0.15, 0.2) is 0 Å². The summed E-state index contributed by atoms with van der Waals surface area (Å²) in [6.45, 7) is 6.47. The Labute approximate surface area is 103 Å². The van der Waals surface area contributed by atoms with E-state index < -0.39 is 19.1 Å². The molecule has 0 aromatic carbocycles. The largest absolute Gasteiger partial charge is 0.475 e. The number of amides is 1. The fraction of sp³-hybridized carbons (Fsp3) is 0.909. The highest BCUT2D eigenvalue weighted by Crippen LogP contribution is 2.27. The van der Waals surface area contributed by atoms with E-state index >= 15 is 0 Å². The number of likely N-dealkylation sites (tertiary alicyclic amines) is 1. The van der Waals surface area contributed by atoms with Crippen LogP contribution in [-0.2, 0) is 4.79 Å². The highest BCUT2D eigenvalue weighted by molar-refractivity contribution is 6.43. The van der Waals surface area contributed by atoms with Gasteiger partial charge in [-0.3, -0.25) is 4.79 Å². The topological polar surface area (TPSA) is 86.8 Å². The zero-order valence-corrected chi connectivity index (χ0v) is 10.9. The Hall–Kier alpha value is -0.585. The number of nitrogens with zero attached hydrogens (tertiary/aromatic N) is 1. The molecule has 0 bridgehead atoms. The molecule has 1 unspecified atom stereocenters. The van der Waals surface area contributed by atoms with Crippen LogP contribution in [0.5, 0.6) is 0 Å². The van der Waals surface area contributed by atoms with Crippen molar-refractivity contribution >= 4 is 13.0 Å². The Balaban J connectivity index is 2.76. The maximum Gasteiger partial charge on any atom is 0.475 e. The molecule has 0 aromatic heterocycles. The smallest absolute Gasteiger partial charge is 0.426 e. The number of hydrogen-bond acceptors (Lipinski definition) is 4. The second-order valence-electron chi connectivity index (χ2n) is 5.47. The van der Waals surface area contributed by atoms with Gasteiger partial charge in [0.05, 0.1) is 12.0 Å². The SMILES string of the molecule is CCC(C)(C)C(N)C(=O)N1CCC[C@H]1B(O)O. The predicted molar refractivity (Wildman–Crippen MR) is 67.0 cm³/mol. The van der Waals surface area contributed by atoms with E-state index in [1.165, 1.54) is 4.90 Å². The molecule has 0 aromatic rings. The first kappa shape index (κ1) is 14.5. The Morgan fingerprint density at radius 1 is 1.59 bits per heavy atom. The van der Waals surface area contributed by atoms with Crippen molar-refractivity contribution in [2.45, 2.75) is 52.0 Å². The molecular formula is C11H23BN2O3. The van der Waals surface area contributed by atoms with Crippen LogP contribution in [-0.4, -0.2) is 46.5 Å². The molecular weight excluding hydrogens is 219 g/mol. The van der Waals surface area contributed by atoms with Crippen molar-refractivity contribution in [3.8, 4) is 0 Å². The lowest BCUT2D eigenvalue weighted by Crippen LogP contribution is -2.55. The molecule has 1 aliphatic heterocycles. The molecule has 1 saturated heterocycles. The van der Waals surface area contributed by atoms with Crippen LogP contribution >= 0.6 is 0 Å². The van der Waals surface area contributed by atoms with Gasteiger partial charge in [0.2, 0.25) is 5.91 Å². The van der Waals surface area contributed by atoms with Gasteiger partial charge < -0.3 is 20.7 Å². The lowest BCUT2D eigenvalue weighted by molar-refractivity contribution is -0.135. The maximum atomic E-state index is 12.2. The van der Waals surface area contributed by atoms with Crippen LogP contribution in [0.1, 0.15) is 40.0 Å². The summed E-state index contributed by atoms with van der Waals surface area (Å²) in [6.07, 6.45) is 2.23. The maximum absolute atomic E-state index is 12.2. The quantitative estimate of drug-likeness (QED) is 0.593. The molecule has 6 heteroatoms. The van der Waals surface area contributed by atoms with Crippen LogP contribution in [0.15, 0.2) is 0 Å². The van der Waals surface area contributed by atoms with Crippen molar-refractivity contribution in [3.63, 3.8) is 0 Å². The summed E-state index contributed by atoms with van der Waals surface area (Å²) in [5.41, 5.74) is 5.72. The second-order valence-corrected chi connectivity index (χ2v) is 5.47. The summed E-state index contributed by atoms with van der Waals surface area (Å²) in [5.74, 6) is -0.673. The molecule has 98 valence electrons. The van der Waals surface area contributed by atoms with E-state index in [9.17, 15) is 14.8 Å². The van der Waals surface area contributed by atoms with Crippen LogP contribution in [0.25, 0.3) is 0 Å². The third kappa shape index (κ3) is 3.00. The van der Waals surface area contributed by atoms with Crippen molar-refractivity contribution in [1.82, 2.24) is 4.90 Å². The Morgan fingerprint density at radius 2 is 2.18 bits per heavy atom. The summed E-state index contributed by atoms with van der Waals surface area (Å²) in [4.78, 5) is 13.8. The molecule has 1 heterocycles. The van der Waals surface area contributed by atoms with Gasteiger partial charge in [0.25, 0.3) is 0 Å². The van der Waals surface area contributed by atoms with Gasteiger partial charge in [-0.1, -0.05) is 20.8 Å². The molecule has 1 aliphatic rings. The van der Waals surface area contributed by atoms with Crippen molar-refractivity contribution < 1.29 is 14.8 Å². The van der Waals surface area contributed by atoms with Crippen LogP contribution in [0.4, 0.5) is 0 Å². The van der Waals surface area contributed by atoms with E-state index in [2.05, 4.69) is 0 Å². The van der Waals surface area contributed by atoms with Gasteiger partial charge in [-0.2, -0.15) is 0 Å². The van der Waals surface area contributed by atoms with E-state index in [0.29, 0.717) is 13.0 Å². The van der Waals surface area contributed by atoms with Crippen LogP contribution < -0.4 is 5.73 Å². The summed E-state index contributed by atoms with van der Waals surface area (Å²) in [6, 6.07) is -0.591. The first-order chi connectivity index (χ1) is 7.81. The monoisotopic (exact) mass is 242 g/mol. The molecule has 5 nitrogen and oxygen atoms in total. The zero-order valence-electron chi connectivity index (χ0n) is 10.9. The van der Waals surface area contributed by atoms with Crippen LogP contribution in [0, 0.1) is 5.41 Å². The fourth-order valence-corrected chi connectivity index (χ4v) is 2.11. The average Bonchev–Trinajstić information content (AvgIpc) is 2.75. The average molecular weight is 242 g/mol. The number of carbonyl (C=O) groups is 1. The molecule has 1 fully saturated rings. The minimum atomic E-state index is -1.47. The number of carbonyl (C=O) groups excluding carboxylic acids is 1. The molecule has 1 rings (SSSR count). The second kappa shape index (κ2) is 5.37. The summed E-state index contributed by atoms with van der Waals surface area (Å²) < 4.78 is 0. The first-order valence-electron chi connectivity index (χ1n) is 6.23. The third-order valence-corrected chi connectivity index (χ3v) is 3.95. The molecule has 17 heavy (non-hydrogen) atoms. The van der Waals surface area contributed by atoms with Crippen molar-refractivity contribution in [3.05, 3.63) is 0 Å². The zero-order chi connectivity index (χ0) is 13.2. The summed E-state index contributed by atoms with van der Waals surface area (Å²) in [5, 5.41) is 18.5. The van der Waals surface area contributed by atoms with Crippen LogP contribution in [0.2, 0.25) is 0 Å². The molecule has 0 aliphatic carbocycles. The molecule has 2 atom stereocenters. The Morgan fingerprint density at radius 3 is 2.65 bits per heavy atom. The molecule has 0 spiro atoms. The van der Waals surface area contributed by atoms with Gasteiger partial charge in [-0.25, -0.2) is 0 Å².